The van der Waals surface area contributed by atoms with Gasteiger partial charge >= 0.3 is 5.69 Å². The minimum atomic E-state index is -0.657. The SMILES string of the molecule is O=C(Nc1ccc(CC(=O)N2CCSCC2)cc1)c1cnc2[nH]c(=O)[nH]c(=O)c2c1. The molecule has 3 heterocycles. The Bertz CT molecular complexity index is 1210. The van der Waals surface area contributed by atoms with Gasteiger partial charge in [0, 0.05) is 36.5 Å². The van der Waals surface area contributed by atoms with Gasteiger partial charge in [0.25, 0.3) is 11.5 Å². The zero-order valence-electron chi connectivity index (χ0n) is 15.9. The van der Waals surface area contributed by atoms with Crippen molar-refractivity contribution in [3.8, 4) is 0 Å². The molecule has 2 amide bonds. The maximum atomic E-state index is 12.5. The van der Waals surface area contributed by atoms with Crippen LogP contribution in [0.15, 0.2) is 46.1 Å². The number of rotatable bonds is 4. The highest BCUT2D eigenvalue weighted by atomic mass is 32.2. The van der Waals surface area contributed by atoms with Crippen LogP contribution in [0.5, 0.6) is 0 Å². The molecule has 30 heavy (non-hydrogen) atoms. The number of fused-ring (bicyclic) bond motifs is 1. The number of carbonyl (C=O) groups excluding carboxylic acids is 2. The number of amides is 2. The lowest BCUT2D eigenvalue weighted by Crippen LogP contribution is -2.38. The standard InChI is InChI=1S/C20H19N5O4S/c26-16(25-5-7-30-8-6-25)9-12-1-3-14(4-2-12)22-18(27)13-10-15-17(21-11-13)23-20(29)24-19(15)28/h1-4,10-11H,5-9H2,(H,22,27)(H2,21,23,24,28,29). The lowest BCUT2D eigenvalue weighted by Gasteiger charge is -2.26. The van der Waals surface area contributed by atoms with Gasteiger partial charge in [-0.15, -0.1) is 0 Å². The first kappa shape index (κ1) is 19.9. The van der Waals surface area contributed by atoms with Crippen molar-refractivity contribution >= 4 is 40.3 Å². The normalized spacial score (nSPS) is 13.9. The van der Waals surface area contributed by atoms with Crippen molar-refractivity contribution in [1.29, 1.82) is 0 Å². The number of nitrogens with one attached hydrogen (secondary N) is 3. The van der Waals surface area contributed by atoms with Gasteiger partial charge in [-0.05, 0) is 23.8 Å². The molecule has 1 aliphatic rings. The fraction of sp³-hybridized carbons (Fsp3) is 0.250. The van der Waals surface area contributed by atoms with E-state index in [1.807, 2.05) is 16.7 Å². The maximum absolute atomic E-state index is 12.5. The molecular weight excluding hydrogens is 406 g/mol. The second-order valence-electron chi connectivity index (χ2n) is 6.85. The molecule has 1 saturated heterocycles. The van der Waals surface area contributed by atoms with Crippen LogP contribution >= 0.6 is 11.8 Å². The van der Waals surface area contributed by atoms with E-state index >= 15 is 0 Å². The number of carbonyl (C=O) groups is 2. The largest absolute Gasteiger partial charge is 0.341 e. The second kappa shape index (κ2) is 8.54. The number of aromatic nitrogens is 3. The molecule has 0 unspecified atom stereocenters. The van der Waals surface area contributed by atoms with Crippen LogP contribution in [-0.2, 0) is 11.2 Å². The van der Waals surface area contributed by atoms with E-state index in [-0.39, 0.29) is 22.5 Å². The maximum Gasteiger partial charge on any atom is 0.327 e. The number of aromatic amines is 2. The highest BCUT2D eigenvalue weighted by molar-refractivity contribution is 7.99. The third-order valence-corrected chi connectivity index (χ3v) is 5.73. The van der Waals surface area contributed by atoms with Gasteiger partial charge in [-0.1, -0.05) is 12.1 Å². The molecule has 3 N–H and O–H groups in total. The highest BCUT2D eigenvalue weighted by Gasteiger charge is 2.17. The van der Waals surface area contributed by atoms with E-state index in [4.69, 9.17) is 0 Å². The van der Waals surface area contributed by atoms with Crippen LogP contribution in [0.3, 0.4) is 0 Å². The van der Waals surface area contributed by atoms with Crippen molar-refractivity contribution in [2.45, 2.75) is 6.42 Å². The smallest absolute Gasteiger partial charge is 0.327 e. The van der Waals surface area contributed by atoms with Crippen molar-refractivity contribution in [2.24, 2.45) is 0 Å². The van der Waals surface area contributed by atoms with E-state index in [1.165, 1.54) is 12.3 Å². The molecule has 0 radical (unpaired) electrons. The Hall–Kier alpha value is -3.40. The van der Waals surface area contributed by atoms with Gasteiger partial charge in [0.2, 0.25) is 5.91 Å². The van der Waals surface area contributed by atoms with Crippen LogP contribution in [0.4, 0.5) is 5.69 Å². The van der Waals surface area contributed by atoms with Gasteiger partial charge in [0.1, 0.15) is 5.65 Å². The number of hydrogen-bond acceptors (Lipinski definition) is 6. The lowest BCUT2D eigenvalue weighted by molar-refractivity contribution is -0.130. The molecular formula is C20H19N5O4S. The lowest BCUT2D eigenvalue weighted by atomic mass is 10.1. The van der Waals surface area contributed by atoms with Crippen LogP contribution in [0, 0.1) is 0 Å². The summed E-state index contributed by atoms with van der Waals surface area (Å²) < 4.78 is 0. The summed E-state index contributed by atoms with van der Waals surface area (Å²) in [6, 6.07) is 8.44. The number of anilines is 1. The molecule has 9 nitrogen and oxygen atoms in total. The van der Waals surface area contributed by atoms with Crippen LogP contribution in [0.25, 0.3) is 11.0 Å². The zero-order valence-corrected chi connectivity index (χ0v) is 16.8. The molecule has 0 aliphatic carbocycles. The van der Waals surface area contributed by atoms with E-state index in [0.717, 1.165) is 30.2 Å². The minimum Gasteiger partial charge on any atom is -0.341 e. The Morgan fingerprint density at radius 2 is 1.83 bits per heavy atom. The number of nitrogens with zero attached hydrogens (tertiary/aromatic N) is 2. The average molecular weight is 425 g/mol. The highest BCUT2D eigenvalue weighted by Crippen LogP contribution is 2.15. The van der Waals surface area contributed by atoms with E-state index in [2.05, 4.69) is 20.3 Å². The summed E-state index contributed by atoms with van der Waals surface area (Å²) in [6.45, 7) is 1.57. The number of hydrogen-bond donors (Lipinski definition) is 3. The molecule has 3 aromatic rings. The summed E-state index contributed by atoms with van der Waals surface area (Å²) in [7, 11) is 0. The first-order chi connectivity index (χ1) is 14.5. The third kappa shape index (κ3) is 4.43. The van der Waals surface area contributed by atoms with Crippen molar-refractivity contribution in [3.63, 3.8) is 0 Å². The Morgan fingerprint density at radius 3 is 2.57 bits per heavy atom. The molecule has 0 atom stereocenters. The molecule has 0 spiro atoms. The first-order valence-electron chi connectivity index (χ1n) is 9.38. The molecule has 0 bridgehead atoms. The fourth-order valence-corrected chi connectivity index (χ4v) is 4.08. The van der Waals surface area contributed by atoms with Crippen LogP contribution in [0.1, 0.15) is 15.9 Å². The van der Waals surface area contributed by atoms with E-state index in [0.29, 0.717) is 12.1 Å². The topological polar surface area (TPSA) is 128 Å². The molecule has 10 heteroatoms. The monoisotopic (exact) mass is 425 g/mol. The number of benzene rings is 1. The van der Waals surface area contributed by atoms with Gasteiger partial charge in [-0.3, -0.25) is 24.4 Å². The van der Waals surface area contributed by atoms with Gasteiger partial charge < -0.3 is 10.2 Å². The Kier molecular flexibility index (Phi) is 5.66. The molecule has 1 fully saturated rings. The van der Waals surface area contributed by atoms with Gasteiger partial charge in [0.15, 0.2) is 0 Å². The molecule has 2 aromatic heterocycles. The van der Waals surface area contributed by atoms with E-state index < -0.39 is 17.2 Å². The van der Waals surface area contributed by atoms with Crippen molar-refractivity contribution < 1.29 is 9.59 Å². The molecule has 1 aliphatic heterocycles. The Labute approximate surface area is 174 Å². The van der Waals surface area contributed by atoms with Gasteiger partial charge in [-0.2, -0.15) is 11.8 Å². The van der Waals surface area contributed by atoms with Crippen LogP contribution in [-0.4, -0.2) is 56.3 Å². The molecule has 0 saturated carbocycles. The first-order valence-corrected chi connectivity index (χ1v) is 10.5. The predicted octanol–water partition coefficient (Wildman–Crippen LogP) is 0.982. The van der Waals surface area contributed by atoms with Crippen molar-refractivity contribution in [2.75, 3.05) is 29.9 Å². The van der Waals surface area contributed by atoms with E-state index in [9.17, 15) is 19.2 Å². The fourth-order valence-electron chi connectivity index (χ4n) is 3.18. The summed E-state index contributed by atoms with van der Waals surface area (Å²) in [5.74, 6) is 1.62. The van der Waals surface area contributed by atoms with E-state index in [1.54, 1.807) is 24.3 Å². The Morgan fingerprint density at radius 1 is 1.10 bits per heavy atom. The van der Waals surface area contributed by atoms with Crippen molar-refractivity contribution in [3.05, 3.63) is 68.5 Å². The quantitative estimate of drug-likeness (QED) is 0.572. The average Bonchev–Trinajstić information content (AvgIpc) is 2.75. The Balaban J connectivity index is 1.43. The van der Waals surface area contributed by atoms with Crippen LogP contribution in [0.2, 0.25) is 0 Å². The summed E-state index contributed by atoms with van der Waals surface area (Å²) in [5, 5.41) is 2.85. The zero-order chi connectivity index (χ0) is 21.1. The third-order valence-electron chi connectivity index (χ3n) is 4.78. The van der Waals surface area contributed by atoms with Crippen molar-refractivity contribution in [1.82, 2.24) is 19.9 Å². The number of pyridine rings is 1. The minimum absolute atomic E-state index is 0.109. The summed E-state index contributed by atoms with van der Waals surface area (Å²) in [6.07, 6.45) is 1.62. The molecule has 1 aromatic carbocycles. The number of H-pyrrole nitrogens is 2. The molecule has 4 rings (SSSR count). The molecule has 154 valence electrons. The number of thioether (sulfide) groups is 1. The summed E-state index contributed by atoms with van der Waals surface area (Å²) >= 11 is 1.86. The van der Waals surface area contributed by atoms with Gasteiger partial charge in [-0.25, -0.2) is 9.78 Å². The summed E-state index contributed by atoms with van der Waals surface area (Å²) in [5.41, 5.74) is 0.455. The van der Waals surface area contributed by atoms with Crippen LogP contribution < -0.4 is 16.6 Å². The second-order valence-corrected chi connectivity index (χ2v) is 8.07. The van der Waals surface area contributed by atoms with Gasteiger partial charge in [0.05, 0.1) is 17.4 Å². The summed E-state index contributed by atoms with van der Waals surface area (Å²) in [4.78, 5) is 58.4. The predicted molar refractivity (Wildman–Crippen MR) is 115 cm³/mol.